The summed E-state index contributed by atoms with van der Waals surface area (Å²) in [6.07, 6.45) is 2.56. The van der Waals surface area contributed by atoms with E-state index in [1.165, 1.54) is 0 Å². The Morgan fingerprint density at radius 2 is 2.50 bits per heavy atom. The van der Waals surface area contributed by atoms with Gasteiger partial charge in [0.15, 0.2) is 0 Å². The zero-order valence-corrected chi connectivity index (χ0v) is 10.2. The molecule has 0 saturated carbocycles. The molecule has 2 heterocycles. The van der Waals surface area contributed by atoms with E-state index in [2.05, 4.69) is 11.1 Å². The molecule has 16 heavy (non-hydrogen) atoms. The van der Waals surface area contributed by atoms with E-state index in [9.17, 15) is 0 Å². The highest BCUT2D eigenvalue weighted by atomic mass is 35.5. The van der Waals surface area contributed by atoms with Crippen LogP contribution < -0.4 is 0 Å². The Bertz CT molecular complexity index is 413. The first-order valence-electron chi connectivity index (χ1n) is 5.10. The van der Waals surface area contributed by atoms with Gasteiger partial charge in [-0.2, -0.15) is 5.26 Å². The van der Waals surface area contributed by atoms with Crippen LogP contribution in [0.2, 0.25) is 5.15 Å². The summed E-state index contributed by atoms with van der Waals surface area (Å²) in [5.74, 6) is 0.873. The number of halogens is 1. The van der Waals surface area contributed by atoms with Crippen molar-refractivity contribution in [3.63, 3.8) is 0 Å². The largest absolute Gasteiger partial charge is 0.377 e. The fraction of sp³-hybridized carbons (Fsp3) is 0.455. The molecule has 3 nitrogen and oxygen atoms in total. The Labute approximate surface area is 104 Å². The number of nitriles is 1. The van der Waals surface area contributed by atoms with Crippen LogP contribution in [0.4, 0.5) is 0 Å². The Kier molecular flexibility index (Phi) is 4.05. The van der Waals surface area contributed by atoms with Gasteiger partial charge in [-0.25, -0.2) is 4.98 Å². The van der Waals surface area contributed by atoms with Gasteiger partial charge in [0.2, 0.25) is 0 Å². The number of thioether (sulfide) groups is 1. The Morgan fingerprint density at radius 1 is 1.62 bits per heavy atom. The lowest BCUT2D eigenvalue weighted by Gasteiger charge is -2.08. The van der Waals surface area contributed by atoms with Crippen molar-refractivity contribution in [1.29, 1.82) is 5.26 Å². The van der Waals surface area contributed by atoms with E-state index < -0.39 is 0 Å². The maximum Gasteiger partial charge on any atom is 0.131 e. The minimum Gasteiger partial charge on any atom is -0.377 e. The summed E-state index contributed by atoms with van der Waals surface area (Å²) >= 11 is 7.41. The summed E-state index contributed by atoms with van der Waals surface area (Å²) in [7, 11) is 0. The van der Waals surface area contributed by atoms with Gasteiger partial charge in [-0.15, -0.1) is 11.8 Å². The molecule has 0 aliphatic carbocycles. The second-order valence-electron chi connectivity index (χ2n) is 3.57. The highest BCUT2D eigenvalue weighted by Crippen LogP contribution is 2.24. The van der Waals surface area contributed by atoms with Crippen LogP contribution in [0.3, 0.4) is 0 Å². The van der Waals surface area contributed by atoms with Gasteiger partial charge in [0.1, 0.15) is 5.15 Å². The highest BCUT2D eigenvalue weighted by Gasteiger charge is 2.16. The molecule has 0 radical (unpaired) electrons. The van der Waals surface area contributed by atoms with Gasteiger partial charge in [0.25, 0.3) is 0 Å². The van der Waals surface area contributed by atoms with Gasteiger partial charge in [0, 0.05) is 12.4 Å². The molecule has 1 aliphatic heterocycles. The third-order valence-corrected chi connectivity index (χ3v) is 3.58. The zero-order valence-electron chi connectivity index (χ0n) is 8.65. The third-order valence-electron chi connectivity index (χ3n) is 2.34. The molecule has 1 saturated heterocycles. The molecule has 0 aromatic carbocycles. The second kappa shape index (κ2) is 5.53. The van der Waals surface area contributed by atoms with Crippen LogP contribution in [-0.4, -0.2) is 23.4 Å². The highest BCUT2D eigenvalue weighted by molar-refractivity contribution is 7.99. The molecule has 0 amide bonds. The number of aromatic nitrogens is 1. The van der Waals surface area contributed by atoms with Gasteiger partial charge in [-0.05, 0) is 25.0 Å². The van der Waals surface area contributed by atoms with E-state index in [1.54, 1.807) is 23.9 Å². The molecule has 1 unspecified atom stereocenters. The molecule has 0 spiro atoms. The van der Waals surface area contributed by atoms with Gasteiger partial charge >= 0.3 is 0 Å². The van der Waals surface area contributed by atoms with Gasteiger partial charge in [0.05, 0.1) is 22.8 Å². The topological polar surface area (TPSA) is 45.9 Å². The summed E-state index contributed by atoms with van der Waals surface area (Å²) in [6.45, 7) is 0.859. The Hall–Kier alpha value is -0.760. The summed E-state index contributed by atoms with van der Waals surface area (Å²) < 4.78 is 5.51. The smallest absolute Gasteiger partial charge is 0.131 e. The first kappa shape index (κ1) is 11.7. The van der Waals surface area contributed by atoms with Crippen LogP contribution in [0.25, 0.3) is 0 Å². The molecule has 1 atom stereocenters. The Balaban J connectivity index is 1.98. The monoisotopic (exact) mass is 254 g/mol. The average Bonchev–Trinajstić information content (AvgIpc) is 2.78. The molecular formula is C11H11ClN2OS. The predicted octanol–water partition coefficient (Wildman–Crippen LogP) is 2.88. The van der Waals surface area contributed by atoms with Crippen molar-refractivity contribution in [2.75, 3.05) is 12.4 Å². The van der Waals surface area contributed by atoms with E-state index in [1.807, 2.05) is 0 Å². The SMILES string of the molecule is N#Cc1cc(Cl)nc(SCC2CCCO2)c1. The fourth-order valence-electron chi connectivity index (χ4n) is 1.57. The quantitative estimate of drug-likeness (QED) is 0.615. The van der Waals surface area contributed by atoms with E-state index in [0.717, 1.165) is 30.2 Å². The van der Waals surface area contributed by atoms with Crippen molar-refractivity contribution in [2.45, 2.75) is 24.0 Å². The van der Waals surface area contributed by atoms with E-state index in [-0.39, 0.29) is 0 Å². The minimum atomic E-state index is 0.316. The fourth-order valence-corrected chi connectivity index (χ4v) is 2.82. The van der Waals surface area contributed by atoms with Crippen molar-refractivity contribution in [1.82, 2.24) is 4.98 Å². The molecule has 1 fully saturated rings. The molecule has 1 aliphatic rings. The first-order chi connectivity index (χ1) is 7.78. The molecule has 1 aromatic rings. The van der Waals surface area contributed by atoms with Crippen molar-refractivity contribution >= 4 is 23.4 Å². The second-order valence-corrected chi connectivity index (χ2v) is 5.00. The van der Waals surface area contributed by atoms with Crippen molar-refractivity contribution in [3.05, 3.63) is 22.8 Å². The lowest BCUT2D eigenvalue weighted by Crippen LogP contribution is -2.07. The maximum absolute atomic E-state index is 8.80. The summed E-state index contributed by atoms with van der Waals surface area (Å²) in [5, 5.41) is 9.96. The Morgan fingerprint density at radius 3 is 3.19 bits per heavy atom. The van der Waals surface area contributed by atoms with Gasteiger partial charge in [-0.1, -0.05) is 11.6 Å². The molecule has 5 heteroatoms. The number of hydrogen-bond acceptors (Lipinski definition) is 4. The van der Waals surface area contributed by atoms with Crippen LogP contribution in [0.5, 0.6) is 0 Å². The molecule has 84 valence electrons. The van der Waals surface area contributed by atoms with Gasteiger partial charge < -0.3 is 4.74 Å². The lowest BCUT2D eigenvalue weighted by molar-refractivity contribution is 0.129. The lowest BCUT2D eigenvalue weighted by atomic mass is 10.3. The standard InChI is InChI=1S/C11H11ClN2OS/c12-10-4-8(6-13)5-11(14-10)16-7-9-2-1-3-15-9/h4-5,9H,1-3,7H2. The van der Waals surface area contributed by atoms with Crippen molar-refractivity contribution < 1.29 is 4.74 Å². The summed E-state index contributed by atoms with van der Waals surface area (Å²) in [6, 6.07) is 5.39. The average molecular weight is 255 g/mol. The minimum absolute atomic E-state index is 0.316. The molecular weight excluding hydrogens is 244 g/mol. The summed E-state index contributed by atoms with van der Waals surface area (Å²) in [4.78, 5) is 4.16. The van der Waals surface area contributed by atoms with Crippen LogP contribution in [0.15, 0.2) is 17.2 Å². The number of ether oxygens (including phenoxy) is 1. The molecule has 1 aromatic heterocycles. The van der Waals surface area contributed by atoms with E-state index in [4.69, 9.17) is 21.6 Å². The van der Waals surface area contributed by atoms with Crippen LogP contribution in [0, 0.1) is 11.3 Å². The maximum atomic E-state index is 8.80. The van der Waals surface area contributed by atoms with E-state index in [0.29, 0.717) is 16.8 Å². The number of hydrogen-bond donors (Lipinski definition) is 0. The van der Waals surface area contributed by atoms with Crippen LogP contribution in [0.1, 0.15) is 18.4 Å². The first-order valence-corrected chi connectivity index (χ1v) is 6.46. The molecule has 0 N–H and O–H groups in total. The molecule has 2 rings (SSSR count). The number of pyridine rings is 1. The number of rotatable bonds is 3. The van der Waals surface area contributed by atoms with E-state index >= 15 is 0 Å². The number of nitrogens with zero attached hydrogens (tertiary/aromatic N) is 2. The third kappa shape index (κ3) is 3.11. The zero-order chi connectivity index (χ0) is 11.4. The van der Waals surface area contributed by atoms with Crippen molar-refractivity contribution in [3.8, 4) is 6.07 Å². The predicted molar refractivity (Wildman–Crippen MR) is 63.7 cm³/mol. The normalized spacial score (nSPS) is 19.6. The molecule has 0 bridgehead atoms. The van der Waals surface area contributed by atoms with Crippen molar-refractivity contribution in [2.24, 2.45) is 0 Å². The van der Waals surface area contributed by atoms with Crippen LogP contribution in [-0.2, 0) is 4.74 Å². The summed E-state index contributed by atoms with van der Waals surface area (Å²) in [5.41, 5.74) is 0.551. The van der Waals surface area contributed by atoms with Crippen LogP contribution >= 0.6 is 23.4 Å². The van der Waals surface area contributed by atoms with Gasteiger partial charge in [-0.3, -0.25) is 0 Å².